The summed E-state index contributed by atoms with van der Waals surface area (Å²) in [4.78, 5) is 0. The van der Waals surface area contributed by atoms with Crippen molar-refractivity contribution in [1.82, 2.24) is 0 Å². The van der Waals surface area contributed by atoms with Crippen LogP contribution in [0.3, 0.4) is 0 Å². The van der Waals surface area contributed by atoms with Crippen LogP contribution in [0.25, 0.3) is 10.8 Å². The number of benzene rings is 2. The third kappa shape index (κ3) is 1.37. The molecular formula is C12H11Br. The van der Waals surface area contributed by atoms with E-state index in [0.29, 0.717) is 0 Å². The first-order valence-corrected chi connectivity index (χ1v) is 5.14. The molecule has 0 saturated carbocycles. The van der Waals surface area contributed by atoms with E-state index in [1.54, 1.807) is 0 Å². The van der Waals surface area contributed by atoms with Crippen molar-refractivity contribution < 1.29 is 0 Å². The summed E-state index contributed by atoms with van der Waals surface area (Å²) >= 11 is 3.58. The van der Waals surface area contributed by atoms with Gasteiger partial charge in [-0.2, -0.15) is 0 Å². The zero-order chi connectivity index (χ0) is 9.42. The van der Waals surface area contributed by atoms with Gasteiger partial charge in [0.15, 0.2) is 0 Å². The molecule has 0 aliphatic rings. The lowest BCUT2D eigenvalue weighted by Crippen LogP contribution is -1.83. The van der Waals surface area contributed by atoms with Crippen LogP contribution in [0.5, 0.6) is 0 Å². The van der Waals surface area contributed by atoms with E-state index in [9.17, 15) is 0 Å². The Morgan fingerprint density at radius 3 is 2.31 bits per heavy atom. The Balaban J connectivity index is 3.00. The smallest absolute Gasteiger partial charge is 0.0256 e. The minimum atomic E-state index is 1.19. The Morgan fingerprint density at radius 2 is 1.62 bits per heavy atom. The predicted molar refractivity (Wildman–Crippen MR) is 61.1 cm³/mol. The lowest BCUT2D eigenvalue weighted by atomic mass is 10.0. The summed E-state index contributed by atoms with van der Waals surface area (Å²) in [5.74, 6) is 0. The Kier molecular flexibility index (Phi) is 2.12. The molecule has 2 aromatic rings. The quantitative estimate of drug-likeness (QED) is 0.641. The molecule has 0 saturated heterocycles. The zero-order valence-corrected chi connectivity index (χ0v) is 9.35. The molecule has 0 heterocycles. The van der Waals surface area contributed by atoms with Gasteiger partial charge in [-0.3, -0.25) is 0 Å². The average Bonchev–Trinajstić information content (AvgIpc) is 2.12. The Labute approximate surface area is 86.7 Å². The predicted octanol–water partition coefficient (Wildman–Crippen LogP) is 4.22. The number of fused-ring (bicyclic) bond motifs is 1. The second-order valence-electron chi connectivity index (χ2n) is 3.36. The summed E-state index contributed by atoms with van der Waals surface area (Å²) in [7, 11) is 0. The fourth-order valence-corrected chi connectivity index (χ4v) is 2.36. The first kappa shape index (κ1) is 8.76. The minimum Gasteiger partial charge on any atom is -0.0605 e. The van der Waals surface area contributed by atoms with Crippen molar-refractivity contribution >= 4 is 26.7 Å². The van der Waals surface area contributed by atoms with Crippen LogP contribution in [0.15, 0.2) is 34.8 Å². The van der Waals surface area contributed by atoms with E-state index in [2.05, 4.69) is 60.1 Å². The highest BCUT2D eigenvalue weighted by molar-refractivity contribution is 9.10. The normalized spacial score (nSPS) is 10.7. The van der Waals surface area contributed by atoms with Gasteiger partial charge in [-0.25, -0.2) is 0 Å². The van der Waals surface area contributed by atoms with Crippen LogP contribution < -0.4 is 0 Å². The molecule has 1 heteroatoms. The minimum absolute atomic E-state index is 1.19. The number of halogens is 1. The molecule has 0 bridgehead atoms. The van der Waals surface area contributed by atoms with Gasteiger partial charge in [-0.1, -0.05) is 40.2 Å². The van der Waals surface area contributed by atoms with E-state index < -0.39 is 0 Å². The average molecular weight is 235 g/mol. The molecule has 0 radical (unpaired) electrons. The van der Waals surface area contributed by atoms with Crippen LogP contribution in [0.4, 0.5) is 0 Å². The molecule has 0 fully saturated rings. The number of aryl methyl sites for hydroxylation is 2. The largest absolute Gasteiger partial charge is 0.0605 e. The maximum absolute atomic E-state index is 3.58. The zero-order valence-electron chi connectivity index (χ0n) is 7.76. The second-order valence-corrected chi connectivity index (χ2v) is 4.22. The van der Waals surface area contributed by atoms with E-state index in [1.165, 1.54) is 26.4 Å². The van der Waals surface area contributed by atoms with Gasteiger partial charge in [-0.05, 0) is 41.8 Å². The van der Waals surface area contributed by atoms with Gasteiger partial charge in [0.25, 0.3) is 0 Å². The van der Waals surface area contributed by atoms with Crippen LogP contribution in [0, 0.1) is 13.8 Å². The summed E-state index contributed by atoms with van der Waals surface area (Å²) in [5.41, 5.74) is 2.66. The Morgan fingerprint density at radius 1 is 0.923 bits per heavy atom. The number of hydrogen-bond donors (Lipinski definition) is 0. The van der Waals surface area contributed by atoms with E-state index in [1.807, 2.05) is 0 Å². The van der Waals surface area contributed by atoms with Crippen molar-refractivity contribution in [1.29, 1.82) is 0 Å². The van der Waals surface area contributed by atoms with Crippen molar-refractivity contribution in [2.24, 2.45) is 0 Å². The molecule has 0 nitrogen and oxygen atoms in total. The maximum atomic E-state index is 3.58. The molecule has 0 aliphatic carbocycles. The molecule has 13 heavy (non-hydrogen) atoms. The lowest BCUT2D eigenvalue weighted by molar-refractivity contribution is 1.45. The van der Waals surface area contributed by atoms with E-state index >= 15 is 0 Å². The summed E-state index contributed by atoms with van der Waals surface area (Å²) in [6.45, 7) is 4.29. The maximum Gasteiger partial charge on any atom is 0.0256 e. The van der Waals surface area contributed by atoms with Gasteiger partial charge in [0.1, 0.15) is 0 Å². The lowest BCUT2D eigenvalue weighted by Gasteiger charge is -2.06. The molecule has 0 atom stereocenters. The molecule has 2 rings (SSSR count). The Bertz CT molecular complexity index is 450. The molecule has 0 spiro atoms. The standard InChI is InChI=1S/C12H11Br/c1-8-6-7-9(2)12-10(8)4-3-5-11(12)13/h3-7H,1-2H3. The molecule has 0 N–H and O–H groups in total. The first-order chi connectivity index (χ1) is 6.20. The molecule has 66 valence electrons. The van der Waals surface area contributed by atoms with Crippen molar-refractivity contribution in [3.8, 4) is 0 Å². The van der Waals surface area contributed by atoms with E-state index in [-0.39, 0.29) is 0 Å². The molecule has 0 amide bonds. The third-order valence-corrected chi connectivity index (χ3v) is 3.08. The molecule has 2 aromatic carbocycles. The van der Waals surface area contributed by atoms with Crippen molar-refractivity contribution in [3.63, 3.8) is 0 Å². The van der Waals surface area contributed by atoms with Crippen LogP contribution in [0.1, 0.15) is 11.1 Å². The Hall–Kier alpha value is -0.820. The molecule has 0 aromatic heterocycles. The topological polar surface area (TPSA) is 0 Å². The highest BCUT2D eigenvalue weighted by Gasteiger charge is 2.02. The summed E-state index contributed by atoms with van der Waals surface area (Å²) in [6, 6.07) is 10.7. The molecular weight excluding hydrogens is 224 g/mol. The monoisotopic (exact) mass is 234 g/mol. The fourth-order valence-electron chi connectivity index (χ4n) is 1.68. The number of rotatable bonds is 0. The van der Waals surface area contributed by atoms with Crippen LogP contribution in [-0.2, 0) is 0 Å². The van der Waals surface area contributed by atoms with Gasteiger partial charge in [-0.15, -0.1) is 0 Å². The molecule has 0 aliphatic heterocycles. The van der Waals surface area contributed by atoms with Gasteiger partial charge in [0.2, 0.25) is 0 Å². The second kappa shape index (κ2) is 3.15. The highest BCUT2D eigenvalue weighted by atomic mass is 79.9. The van der Waals surface area contributed by atoms with Crippen LogP contribution in [-0.4, -0.2) is 0 Å². The van der Waals surface area contributed by atoms with Crippen molar-refractivity contribution in [2.45, 2.75) is 13.8 Å². The van der Waals surface area contributed by atoms with Gasteiger partial charge >= 0.3 is 0 Å². The fraction of sp³-hybridized carbons (Fsp3) is 0.167. The van der Waals surface area contributed by atoms with E-state index in [0.717, 1.165) is 0 Å². The van der Waals surface area contributed by atoms with Crippen molar-refractivity contribution in [2.75, 3.05) is 0 Å². The molecule has 0 unspecified atom stereocenters. The number of hydrogen-bond acceptors (Lipinski definition) is 0. The van der Waals surface area contributed by atoms with E-state index in [4.69, 9.17) is 0 Å². The summed E-state index contributed by atoms with van der Waals surface area (Å²) < 4.78 is 1.19. The van der Waals surface area contributed by atoms with Crippen molar-refractivity contribution in [3.05, 3.63) is 45.9 Å². The van der Waals surface area contributed by atoms with Crippen LogP contribution >= 0.6 is 15.9 Å². The van der Waals surface area contributed by atoms with Gasteiger partial charge in [0, 0.05) is 4.47 Å². The summed E-state index contributed by atoms with van der Waals surface area (Å²) in [6.07, 6.45) is 0. The SMILES string of the molecule is Cc1ccc(C)c2c(Br)cccc12. The summed E-state index contributed by atoms with van der Waals surface area (Å²) in [5, 5.41) is 2.68. The first-order valence-electron chi connectivity index (χ1n) is 4.34. The van der Waals surface area contributed by atoms with Gasteiger partial charge in [0.05, 0.1) is 0 Å². The van der Waals surface area contributed by atoms with Gasteiger partial charge < -0.3 is 0 Å². The highest BCUT2D eigenvalue weighted by Crippen LogP contribution is 2.28. The third-order valence-electron chi connectivity index (χ3n) is 2.42. The van der Waals surface area contributed by atoms with Crippen LogP contribution in [0.2, 0.25) is 0 Å².